The van der Waals surface area contributed by atoms with Gasteiger partial charge < -0.3 is 19.7 Å². The molecular weight excluding hydrogens is 475 g/mol. The van der Waals surface area contributed by atoms with Gasteiger partial charge in [-0.05, 0) is 56.0 Å². The van der Waals surface area contributed by atoms with Gasteiger partial charge in [-0.2, -0.15) is 0 Å². The first-order valence-corrected chi connectivity index (χ1v) is 12.2. The third-order valence-corrected chi connectivity index (χ3v) is 6.56. The predicted molar refractivity (Wildman–Crippen MR) is 137 cm³/mol. The summed E-state index contributed by atoms with van der Waals surface area (Å²) in [7, 11) is 3.15. The number of halogens is 2. The Bertz CT molecular complexity index is 963. The zero-order valence-electron chi connectivity index (χ0n) is 20.5. The van der Waals surface area contributed by atoms with Crippen molar-refractivity contribution in [1.29, 1.82) is 0 Å². The van der Waals surface area contributed by atoms with Gasteiger partial charge in [0.15, 0.2) is 11.5 Å². The number of amides is 2. The molecule has 8 heteroatoms. The molecule has 2 aromatic carbocycles. The lowest BCUT2D eigenvalue weighted by atomic mass is 10.0. The molecule has 34 heavy (non-hydrogen) atoms. The highest BCUT2D eigenvalue weighted by Gasteiger charge is 2.30. The lowest BCUT2D eigenvalue weighted by Crippen LogP contribution is -2.50. The summed E-state index contributed by atoms with van der Waals surface area (Å²) in [5.74, 6) is 0.892. The van der Waals surface area contributed by atoms with E-state index in [4.69, 9.17) is 32.7 Å². The smallest absolute Gasteiger partial charge is 0.243 e. The number of carbonyl (C=O) groups excluding carboxylic acids is 2. The van der Waals surface area contributed by atoms with Gasteiger partial charge in [0.05, 0.1) is 14.2 Å². The average Bonchev–Trinajstić information content (AvgIpc) is 2.83. The molecule has 0 spiro atoms. The van der Waals surface area contributed by atoms with Crippen molar-refractivity contribution < 1.29 is 19.1 Å². The minimum Gasteiger partial charge on any atom is -0.493 e. The van der Waals surface area contributed by atoms with Crippen LogP contribution in [-0.2, 0) is 22.6 Å². The maximum atomic E-state index is 13.5. The number of carbonyl (C=O) groups is 2. The number of methoxy groups -OCH3 is 2. The van der Waals surface area contributed by atoms with Crippen LogP contribution in [-0.4, -0.2) is 43.0 Å². The molecule has 2 rings (SSSR count). The van der Waals surface area contributed by atoms with Gasteiger partial charge in [0, 0.05) is 34.6 Å². The fourth-order valence-corrected chi connectivity index (χ4v) is 4.16. The minimum absolute atomic E-state index is 0.00849. The van der Waals surface area contributed by atoms with Crippen LogP contribution in [0.15, 0.2) is 36.4 Å². The molecule has 2 amide bonds. The van der Waals surface area contributed by atoms with Crippen molar-refractivity contribution in [1.82, 2.24) is 10.2 Å². The van der Waals surface area contributed by atoms with Crippen LogP contribution < -0.4 is 14.8 Å². The summed E-state index contributed by atoms with van der Waals surface area (Å²) in [5.41, 5.74) is 1.55. The molecule has 0 unspecified atom stereocenters. The summed E-state index contributed by atoms with van der Waals surface area (Å²) in [5, 5.41) is 3.92. The molecule has 0 aliphatic carbocycles. The number of aryl methyl sites for hydroxylation is 1. The van der Waals surface area contributed by atoms with Crippen molar-refractivity contribution in [2.75, 3.05) is 14.2 Å². The molecule has 2 aromatic rings. The van der Waals surface area contributed by atoms with E-state index >= 15 is 0 Å². The Balaban J connectivity index is 2.30. The van der Waals surface area contributed by atoms with E-state index in [1.807, 2.05) is 39.0 Å². The number of hydrogen-bond acceptors (Lipinski definition) is 4. The molecule has 0 heterocycles. The van der Waals surface area contributed by atoms with Crippen molar-refractivity contribution in [2.24, 2.45) is 0 Å². The zero-order chi connectivity index (χ0) is 25.3. The van der Waals surface area contributed by atoms with Gasteiger partial charge in [-0.25, -0.2) is 0 Å². The lowest BCUT2D eigenvalue weighted by Gasteiger charge is -2.32. The molecule has 186 valence electrons. The van der Waals surface area contributed by atoms with Crippen LogP contribution in [0.2, 0.25) is 10.0 Å². The van der Waals surface area contributed by atoms with Crippen LogP contribution in [0.1, 0.15) is 51.2 Å². The number of ether oxygens (including phenoxy) is 2. The Morgan fingerprint density at radius 3 is 2.21 bits per heavy atom. The number of nitrogens with zero attached hydrogens (tertiary/aromatic N) is 1. The summed E-state index contributed by atoms with van der Waals surface area (Å²) in [6.45, 7) is 5.99. The van der Waals surface area contributed by atoms with Crippen LogP contribution in [0.3, 0.4) is 0 Å². The summed E-state index contributed by atoms with van der Waals surface area (Å²) >= 11 is 12.8. The Kier molecular flexibility index (Phi) is 11.0. The van der Waals surface area contributed by atoms with Crippen molar-refractivity contribution in [3.05, 3.63) is 57.6 Å². The molecule has 0 aromatic heterocycles. The largest absolute Gasteiger partial charge is 0.493 e. The SMILES string of the molecule is CC[C@H](C(=O)N[C@@H](C)CC)N(Cc1c(Cl)cccc1Cl)C(=O)CCc1ccc(OC)c(OC)c1. The first kappa shape index (κ1) is 27.8. The normalized spacial score (nSPS) is 12.6. The molecule has 6 nitrogen and oxygen atoms in total. The standard InChI is InChI=1S/C26H34Cl2N2O4/c1-6-17(3)29-26(32)22(7-2)30(16-19-20(27)9-8-10-21(19)28)25(31)14-12-18-11-13-23(33-4)24(15-18)34-5/h8-11,13,15,17,22H,6-7,12,14,16H2,1-5H3,(H,29,32)/t17-,22+/m0/s1. The molecule has 0 fully saturated rings. The topological polar surface area (TPSA) is 67.9 Å². The highest BCUT2D eigenvalue weighted by molar-refractivity contribution is 6.36. The van der Waals surface area contributed by atoms with Crippen LogP contribution >= 0.6 is 23.2 Å². The molecule has 1 N–H and O–H groups in total. The Labute approximate surface area is 212 Å². The van der Waals surface area contributed by atoms with Gasteiger partial charge in [0.1, 0.15) is 6.04 Å². The molecule has 0 aliphatic heterocycles. The number of nitrogens with one attached hydrogen (secondary N) is 1. The Morgan fingerprint density at radius 1 is 1.00 bits per heavy atom. The van der Waals surface area contributed by atoms with Crippen molar-refractivity contribution in [2.45, 2.75) is 65.1 Å². The molecule has 0 aliphatic rings. The monoisotopic (exact) mass is 508 g/mol. The first-order valence-electron chi connectivity index (χ1n) is 11.5. The fraction of sp³-hybridized carbons (Fsp3) is 0.462. The van der Waals surface area contributed by atoms with Crippen molar-refractivity contribution >= 4 is 35.0 Å². The molecular formula is C26H34Cl2N2O4. The maximum Gasteiger partial charge on any atom is 0.243 e. The lowest BCUT2D eigenvalue weighted by molar-refractivity contribution is -0.141. The molecule has 0 saturated heterocycles. The molecule has 0 saturated carbocycles. The van der Waals surface area contributed by atoms with E-state index in [9.17, 15) is 9.59 Å². The fourth-order valence-electron chi connectivity index (χ4n) is 3.65. The zero-order valence-corrected chi connectivity index (χ0v) is 22.0. The van der Waals surface area contributed by atoms with E-state index in [1.54, 1.807) is 37.3 Å². The van der Waals surface area contributed by atoms with Crippen LogP contribution in [0, 0.1) is 0 Å². The summed E-state index contributed by atoms with van der Waals surface area (Å²) in [6.07, 6.45) is 1.96. The highest BCUT2D eigenvalue weighted by Crippen LogP contribution is 2.29. The van der Waals surface area contributed by atoms with Gasteiger partial charge in [-0.3, -0.25) is 9.59 Å². The third-order valence-electron chi connectivity index (χ3n) is 5.85. The summed E-state index contributed by atoms with van der Waals surface area (Å²) in [6, 6.07) is 10.2. The summed E-state index contributed by atoms with van der Waals surface area (Å²) in [4.78, 5) is 28.2. The predicted octanol–water partition coefficient (Wildman–Crippen LogP) is 5.67. The quantitative estimate of drug-likeness (QED) is 0.401. The van der Waals surface area contributed by atoms with Gasteiger partial charge in [-0.15, -0.1) is 0 Å². The van der Waals surface area contributed by atoms with Crippen LogP contribution in [0.25, 0.3) is 0 Å². The van der Waals surface area contributed by atoms with Crippen LogP contribution in [0.4, 0.5) is 0 Å². The van der Waals surface area contributed by atoms with E-state index < -0.39 is 6.04 Å². The van der Waals surface area contributed by atoms with Gasteiger partial charge in [-0.1, -0.05) is 49.2 Å². The van der Waals surface area contributed by atoms with Gasteiger partial charge in [0.2, 0.25) is 11.8 Å². The van der Waals surface area contributed by atoms with Crippen molar-refractivity contribution in [3.8, 4) is 11.5 Å². The number of benzene rings is 2. The second kappa shape index (κ2) is 13.4. The maximum absolute atomic E-state index is 13.5. The Hall–Kier alpha value is -2.44. The molecule has 0 bridgehead atoms. The second-order valence-corrected chi connectivity index (χ2v) is 8.97. The molecule has 2 atom stereocenters. The average molecular weight is 509 g/mol. The van der Waals surface area contributed by atoms with E-state index in [1.165, 1.54) is 0 Å². The van der Waals surface area contributed by atoms with E-state index in [0.29, 0.717) is 39.9 Å². The highest BCUT2D eigenvalue weighted by atomic mass is 35.5. The minimum atomic E-state index is -0.640. The number of hydrogen-bond donors (Lipinski definition) is 1. The van der Waals surface area contributed by atoms with E-state index in [0.717, 1.165) is 12.0 Å². The molecule has 0 radical (unpaired) electrons. The first-order chi connectivity index (χ1) is 16.2. The Morgan fingerprint density at radius 2 is 1.65 bits per heavy atom. The van der Waals surface area contributed by atoms with Crippen LogP contribution in [0.5, 0.6) is 11.5 Å². The van der Waals surface area contributed by atoms with Crippen molar-refractivity contribution in [3.63, 3.8) is 0 Å². The van der Waals surface area contributed by atoms with E-state index in [2.05, 4.69) is 5.32 Å². The second-order valence-electron chi connectivity index (χ2n) is 8.15. The summed E-state index contributed by atoms with van der Waals surface area (Å²) < 4.78 is 10.7. The van der Waals surface area contributed by atoms with Gasteiger partial charge in [0.25, 0.3) is 0 Å². The van der Waals surface area contributed by atoms with Gasteiger partial charge >= 0.3 is 0 Å². The third kappa shape index (κ3) is 7.28. The number of rotatable bonds is 12. The van der Waals surface area contributed by atoms with E-state index in [-0.39, 0.29) is 30.8 Å².